The number of hydrogen-bond donors (Lipinski definition) is 1. The van der Waals surface area contributed by atoms with E-state index in [4.69, 9.17) is 0 Å². The molecule has 0 saturated heterocycles. The lowest BCUT2D eigenvalue weighted by Crippen LogP contribution is -2.22. The standard InChI is InChI=1S/C18H16N2O2/c21-18(22)13-8-9-16-14(10-13)11-19-20(16)17-7-3-5-12-4-1-2-6-15(12)17/h1-7,11,13H,8-10H2,(H,21,22). The molecular weight excluding hydrogens is 276 g/mol. The van der Waals surface area contributed by atoms with Crippen LogP contribution in [-0.2, 0) is 17.6 Å². The zero-order valence-corrected chi connectivity index (χ0v) is 12.1. The molecule has 110 valence electrons. The van der Waals surface area contributed by atoms with Crippen molar-refractivity contribution in [2.75, 3.05) is 0 Å². The van der Waals surface area contributed by atoms with Crippen LogP contribution in [0.1, 0.15) is 17.7 Å². The summed E-state index contributed by atoms with van der Waals surface area (Å²) in [6.45, 7) is 0. The van der Waals surface area contributed by atoms with Crippen molar-refractivity contribution in [3.63, 3.8) is 0 Å². The molecule has 1 aliphatic carbocycles. The summed E-state index contributed by atoms with van der Waals surface area (Å²) in [6.07, 6.45) is 3.84. The number of aromatic nitrogens is 2. The summed E-state index contributed by atoms with van der Waals surface area (Å²) in [5.74, 6) is -0.985. The number of hydrogen-bond acceptors (Lipinski definition) is 2. The van der Waals surface area contributed by atoms with E-state index in [2.05, 4.69) is 29.4 Å². The Labute approximate surface area is 128 Å². The molecule has 0 amide bonds. The van der Waals surface area contributed by atoms with E-state index in [0.29, 0.717) is 12.8 Å². The average molecular weight is 292 g/mol. The van der Waals surface area contributed by atoms with Gasteiger partial charge >= 0.3 is 5.97 Å². The van der Waals surface area contributed by atoms with Gasteiger partial charge in [0.15, 0.2) is 0 Å². The topological polar surface area (TPSA) is 55.1 Å². The van der Waals surface area contributed by atoms with E-state index in [-0.39, 0.29) is 5.92 Å². The van der Waals surface area contributed by atoms with E-state index < -0.39 is 5.97 Å². The summed E-state index contributed by atoms with van der Waals surface area (Å²) < 4.78 is 1.98. The first-order chi connectivity index (χ1) is 10.7. The van der Waals surface area contributed by atoms with E-state index in [0.717, 1.165) is 28.8 Å². The molecule has 2 aromatic carbocycles. The molecule has 0 saturated carbocycles. The van der Waals surface area contributed by atoms with Crippen LogP contribution in [0.15, 0.2) is 48.7 Å². The highest BCUT2D eigenvalue weighted by atomic mass is 16.4. The van der Waals surface area contributed by atoms with Gasteiger partial charge in [0, 0.05) is 11.1 Å². The van der Waals surface area contributed by atoms with Crippen molar-refractivity contribution in [2.45, 2.75) is 19.3 Å². The van der Waals surface area contributed by atoms with E-state index in [1.54, 1.807) is 0 Å². The Morgan fingerprint density at radius 2 is 2.00 bits per heavy atom. The van der Waals surface area contributed by atoms with E-state index in [1.165, 1.54) is 5.39 Å². The molecule has 0 aliphatic heterocycles. The highest BCUT2D eigenvalue weighted by Crippen LogP contribution is 2.30. The summed E-state index contributed by atoms with van der Waals surface area (Å²) in [6, 6.07) is 14.4. The number of carboxylic acids is 1. The average Bonchev–Trinajstić information content (AvgIpc) is 2.97. The Balaban J connectivity index is 1.83. The lowest BCUT2D eigenvalue weighted by Gasteiger charge is -2.20. The van der Waals surface area contributed by atoms with Crippen LogP contribution in [0, 0.1) is 5.92 Å². The molecule has 3 aromatic rings. The van der Waals surface area contributed by atoms with Gasteiger partial charge in [-0.2, -0.15) is 5.10 Å². The summed E-state index contributed by atoms with van der Waals surface area (Å²) in [7, 11) is 0. The fraction of sp³-hybridized carbons (Fsp3) is 0.222. The minimum atomic E-state index is -0.705. The fourth-order valence-electron chi connectivity index (χ4n) is 3.33. The Morgan fingerprint density at radius 3 is 2.86 bits per heavy atom. The minimum Gasteiger partial charge on any atom is -0.481 e. The van der Waals surface area contributed by atoms with Crippen LogP contribution in [0.3, 0.4) is 0 Å². The number of carbonyl (C=O) groups is 1. The maximum absolute atomic E-state index is 11.2. The van der Waals surface area contributed by atoms with Gasteiger partial charge in [-0.05, 0) is 36.3 Å². The second kappa shape index (κ2) is 4.98. The van der Waals surface area contributed by atoms with E-state index in [1.807, 2.05) is 29.1 Å². The second-order valence-electron chi connectivity index (χ2n) is 5.80. The molecule has 1 atom stereocenters. The third-order valence-electron chi connectivity index (χ3n) is 4.50. The largest absolute Gasteiger partial charge is 0.481 e. The van der Waals surface area contributed by atoms with Gasteiger partial charge in [0.05, 0.1) is 17.8 Å². The van der Waals surface area contributed by atoms with Crippen molar-refractivity contribution in [1.29, 1.82) is 0 Å². The number of fused-ring (bicyclic) bond motifs is 2. The number of benzene rings is 2. The van der Waals surface area contributed by atoms with Gasteiger partial charge in [0.2, 0.25) is 0 Å². The molecule has 4 heteroatoms. The third-order valence-corrected chi connectivity index (χ3v) is 4.50. The molecule has 1 aliphatic rings. The fourth-order valence-corrected chi connectivity index (χ4v) is 3.33. The maximum Gasteiger partial charge on any atom is 0.306 e. The first-order valence-corrected chi connectivity index (χ1v) is 7.51. The van der Waals surface area contributed by atoms with Crippen LogP contribution in [-0.4, -0.2) is 20.9 Å². The summed E-state index contributed by atoms with van der Waals surface area (Å²) >= 11 is 0. The van der Waals surface area contributed by atoms with Crippen molar-refractivity contribution < 1.29 is 9.90 Å². The Bertz CT molecular complexity index is 861. The quantitative estimate of drug-likeness (QED) is 0.789. The van der Waals surface area contributed by atoms with Gasteiger partial charge in [-0.15, -0.1) is 0 Å². The number of rotatable bonds is 2. The van der Waals surface area contributed by atoms with E-state index in [9.17, 15) is 9.90 Å². The zero-order valence-electron chi connectivity index (χ0n) is 12.1. The number of aliphatic carboxylic acids is 1. The van der Waals surface area contributed by atoms with Crippen molar-refractivity contribution in [3.05, 3.63) is 59.9 Å². The number of nitrogens with zero attached hydrogens (tertiary/aromatic N) is 2. The summed E-state index contributed by atoms with van der Waals surface area (Å²) in [4.78, 5) is 11.2. The van der Waals surface area contributed by atoms with Gasteiger partial charge in [-0.25, -0.2) is 4.68 Å². The molecule has 22 heavy (non-hydrogen) atoms. The summed E-state index contributed by atoms with van der Waals surface area (Å²) in [5.41, 5.74) is 3.27. The first-order valence-electron chi connectivity index (χ1n) is 7.51. The second-order valence-corrected chi connectivity index (χ2v) is 5.80. The monoisotopic (exact) mass is 292 g/mol. The molecule has 0 bridgehead atoms. The molecule has 4 nitrogen and oxygen atoms in total. The molecule has 1 aromatic heterocycles. The molecule has 0 spiro atoms. The molecule has 1 N–H and O–H groups in total. The van der Waals surface area contributed by atoms with Gasteiger partial charge in [-0.3, -0.25) is 4.79 Å². The van der Waals surface area contributed by atoms with Crippen LogP contribution >= 0.6 is 0 Å². The Hall–Kier alpha value is -2.62. The maximum atomic E-state index is 11.2. The van der Waals surface area contributed by atoms with Crippen molar-refractivity contribution in [2.24, 2.45) is 5.92 Å². The third kappa shape index (κ3) is 1.99. The minimum absolute atomic E-state index is 0.280. The van der Waals surface area contributed by atoms with Gasteiger partial charge in [-0.1, -0.05) is 36.4 Å². The predicted molar refractivity (Wildman–Crippen MR) is 84.2 cm³/mol. The SMILES string of the molecule is O=C(O)C1CCc2c(cnn2-c2cccc3ccccc23)C1. The van der Waals surface area contributed by atoms with Crippen molar-refractivity contribution in [1.82, 2.24) is 9.78 Å². The van der Waals surface area contributed by atoms with Gasteiger partial charge < -0.3 is 5.11 Å². The highest BCUT2D eigenvalue weighted by Gasteiger charge is 2.27. The van der Waals surface area contributed by atoms with Gasteiger partial charge in [0.25, 0.3) is 0 Å². The molecular formula is C18H16N2O2. The normalized spacial score (nSPS) is 17.4. The van der Waals surface area contributed by atoms with Gasteiger partial charge in [0.1, 0.15) is 0 Å². The Morgan fingerprint density at radius 1 is 1.18 bits per heavy atom. The zero-order chi connectivity index (χ0) is 15.1. The van der Waals surface area contributed by atoms with Crippen molar-refractivity contribution >= 4 is 16.7 Å². The van der Waals surface area contributed by atoms with Crippen LogP contribution < -0.4 is 0 Å². The summed E-state index contributed by atoms with van der Waals surface area (Å²) in [5, 5.41) is 16.1. The van der Waals surface area contributed by atoms with Crippen LogP contribution in [0.25, 0.3) is 16.5 Å². The van der Waals surface area contributed by atoms with Crippen molar-refractivity contribution in [3.8, 4) is 5.69 Å². The smallest absolute Gasteiger partial charge is 0.306 e. The van der Waals surface area contributed by atoms with Crippen LogP contribution in [0.2, 0.25) is 0 Å². The molecule has 1 unspecified atom stereocenters. The van der Waals surface area contributed by atoms with Crippen LogP contribution in [0.4, 0.5) is 0 Å². The molecule has 4 rings (SSSR count). The molecule has 0 radical (unpaired) electrons. The Kier molecular flexibility index (Phi) is 2.96. The molecule has 0 fully saturated rings. The van der Waals surface area contributed by atoms with E-state index >= 15 is 0 Å². The first kappa shape index (κ1) is 13.1. The van der Waals surface area contributed by atoms with Crippen LogP contribution in [0.5, 0.6) is 0 Å². The lowest BCUT2D eigenvalue weighted by atomic mass is 9.88. The highest BCUT2D eigenvalue weighted by molar-refractivity contribution is 5.90. The number of carboxylic acid groups (broad SMARTS) is 1. The predicted octanol–water partition coefficient (Wildman–Crippen LogP) is 3.22. The lowest BCUT2D eigenvalue weighted by molar-refractivity contribution is -0.142. The molecule has 1 heterocycles.